The molecule has 2 bridgehead atoms. The molecule has 1 aromatic heterocycles. The molecule has 0 amide bonds. The van der Waals surface area contributed by atoms with E-state index in [2.05, 4.69) is 9.88 Å². The molecule has 0 aliphatic carbocycles. The molecule has 4 nitrogen and oxygen atoms in total. The number of hydrogen-bond acceptors (Lipinski definition) is 3. The molecule has 1 atom stereocenters. The Morgan fingerprint density at radius 1 is 1.25 bits per heavy atom. The van der Waals surface area contributed by atoms with Crippen molar-refractivity contribution >= 4 is 16.9 Å². The standard InChI is InChI=1S/C16H18N2O2/c19-16(13-9-17-14-4-2-1-3-12(13)14)20-15-10-18-7-5-11(15)6-8-18/h1-4,9,11,15,17H,5-8,10H2/t15-/m1/s1. The summed E-state index contributed by atoms with van der Waals surface area (Å²) in [6.07, 6.45) is 4.14. The summed E-state index contributed by atoms with van der Waals surface area (Å²) in [4.78, 5) is 17.9. The normalized spacial score (nSPS) is 28.7. The van der Waals surface area contributed by atoms with Gasteiger partial charge in [-0.05, 0) is 37.9 Å². The molecular weight excluding hydrogens is 252 g/mol. The maximum absolute atomic E-state index is 12.4. The predicted octanol–water partition coefficient (Wildman–Crippen LogP) is 2.42. The van der Waals surface area contributed by atoms with Crippen molar-refractivity contribution in [1.29, 1.82) is 0 Å². The highest BCUT2D eigenvalue weighted by molar-refractivity contribution is 6.04. The quantitative estimate of drug-likeness (QED) is 0.852. The first-order chi connectivity index (χ1) is 9.81. The van der Waals surface area contributed by atoms with E-state index in [-0.39, 0.29) is 12.1 Å². The number of nitrogens with zero attached hydrogens (tertiary/aromatic N) is 1. The summed E-state index contributed by atoms with van der Waals surface area (Å²) in [6, 6.07) is 7.84. The predicted molar refractivity (Wildman–Crippen MR) is 76.7 cm³/mol. The number of ether oxygens (including phenoxy) is 1. The van der Waals surface area contributed by atoms with Gasteiger partial charge in [0.1, 0.15) is 6.10 Å². The van der Waals surface area contributed by atoms with Crippen LogP contribution in [0.3, 0.4) is 0 Å². The lowest BCUT2D eigenvalue weighted by molar-refractivity contribution is -0.0454. The van der Waals surface area contributed by atoms with Crippen molar-refractivity contribution in [3.05, 3.63) is 36.0 Å². The SMILES string of the molecule is O=C(O[C@@H]1CN2CCC1CC2)c1c[nH]c2ccccc12. The third kappa shape index (κ3) is 1.91. The number of rotatable bonds is 2. The third-order valence-electron chi connectivity index (χ3n) is 4.66. The summed E-state index contributed by atoms with van der Waals surface area (Å²) < 4.78 is 5.78. The van der Waals surface area contributed by atoms with Crippen LogP contribution < -0.4 is 0 Å². The summed E-state index contributed by atoms with van der Waals surface area (Å²) in [5, 5.41) is 0.943. The van der Waals surface area contributed by atoms with E-state index < -0.39 is 0 Å². The van der Waals surface area contributed by atoms with Gasteiger partial charge in [0.25, 0.3) is 0 Å². The lowest BCUT2D eigenvalue weighted by Gasteiger charge is -2.43. The number of nitrogens with one attached hydrogen (secondary N) is 1. The monoisotopic (exact) mass is 270 g/mol. The average molecular weight is 270 g/mol. The summed E-state index contributed by atoms with van der Waals surface area (Å²) in [5.74, 6) is 0.357. The van der Waals surface area contributed by atoms with Crippen molar-refractivity contribution < 1.29 is 9.53 Å². The molecular formula is C16H18N2O2. The molecule has 4 heteroatoms. The Kier molecular flexibility index (Phi) is 2.77. The molecule has 1 N–H and O–H groups in total. The Bertz CT molecular complexity index is 641. The number of piperidine rings is 3. The van der Waals surface area contributed by atoms with E-state index in [0.29, 0.717) is 11.5 Å². The van der Waals surface area contributed by atoms with Crippen LogP contribution in [0.15, 0.2) is 30.5 Å². The smallest absolute Gasteiger partial charge is 0.340 e. The second-order valence-corrected chi connectivity index (χ2v) is 5.83. The van der Waals surface area contributed by atoms with Crippen molar-refractivity contribution in [1.82, 2.24) is 9.88 Å². The van der Waals surface area contributed by atoms with Gasteiger partial charge in [-0.25, -0.2) is 4.79 Å². The second kappa shape index (κ2) is 4.63. The number of aromatic nitrogens is 1. The Hall–Kier alpha value is -1.81. The molecule has 4 heterocycles. The molecule has 0 radical (unpaired) electrons. The first-order valence-corrected chi connectivity index (χ1v) is 7.31. The van der Waals surface area contributed by atoms with E-state index in [4.69, 9.17) is 4.74 Å². The molecule has 20 heavy (non-hydrogen) atoms. The number of carbonyl (C=O) groups is 1. The van der Waals surface area contributed by atoms with Gasteiger partial charge in [0.2, 0.25) is 0 Å². The Balaban J connectivity index is 1.56. The van der Waals surface area contributed by atoms with Crippen LogP contribution in [0.5, 0.6) is 0 Å². The minimum Gasteiger partial charge on any atom is -0.457 e. The minimum atomic E-state index is -0.193. The molecule has 3 aliphatic heterocycles. The Morgan fingerprint density at radius 2 is 2.05 bits per heavy atom. The van der Waals surface area contributed by atoms with Crippen LogP contribution in [0.25, 0.3) is 10.9 Å². The van der Waals surface area contributed by atoms with Crippen molar-refractivity contribution in [2.45, 2.75) is 18.9 Å². The zero-order valence-electron chi connectivity index (χ0n) is 11.3. The van der Waals surface area contributed by atoms with Gasteiger partial charge in [-0.3, -0.25) is 4.90 Å². The molecule has 1 aromatic carbocycles. The molecule has 2 aromatic rings. The van der Waals surface area contributed by atoms with Gasteiger partial charge in [-0.15, -0.1) is 0 Å². The van der Waals surface area contributed by atoms with Gasteiger partial charge < -0.3 is 9.72 Å². The lowest BCUT2D eigenvalue weighted by atomic mass is 9.86. The third-order valence-corrected chi connectivity index (χ3v) is 4.66. The minimum absolute atomic E-state index is 0.0682. The molecule has 0 unspecified atom stereocenters. The van der Waals surface area contributed by atoms with Gasteiger partial charge in [0.05, 0.1) is 5.56 Å². The van der Waals surface area contributed by atoms with Crippen molar-refractivity contribution in [3.63, 3.8) is 0 Å². The molecule has 104 valence electrons. The summed E-state index contributed by atoms with van der Waals surface area (Å²) >= 11 is 0. The number of para-hydroxylation sites is 1. The summed E-state index contributed by atoms with van der Waals surface area (Å²) in [7, 11) is 0. The molecule has 0 saturated carbocycles. The Labute approximate surface area is 117 Å². The lowest BCUT2D eigenvalue weighted by Crippen LogP contribution is -2.51. The van der Waals surface area contributed by atoms with Crippen molar-refractivity contribution in [3.8, 4) is 0 Å². The van der Waals surface area contributed by atoms with Gasteiger partial charge >= 0.3 is 5.97 Å². The fraction of sp³-hybridized carbons (Fsp3) is 0.438. The topological polar surface area (TPSA) is 45.3 Å². The first kappa shape index (κ1) is 12.0. The zero-order valence-corrected chi connectivity index (χ0v) is 11.3. The number of fused-ring (bicyclic) bond motifs is 4. The fourth-order valence-corrected chi connectivity index (χ4v) is 3.49. The highest BCUT2D eigenvalue weighted by Gasteiger charge is 2.36. The number of benzene rings is 1. The van der Waals surface area contributed by atoms with E-state index in [9.17, 15) is 4.79 Å². The van der Waals surface area contributed by atoms with E-state index in [1.807, 2.05) is 24.3 Å². The average Bonchev–Trinajstić information content (AvgIpc) is 2.92. The largest absolute Gasteiger partial charge is 0.457 e. The van der Waals surface area contributed by atoms with Crippen LogP contribution in [-0.2, 0) is 4.74 Å². The summed E-state index contributed by atoms with van der Waals surface area (Å²) in [5.41, 5.74) is 1.63. The van der Waals surface area contributed by atoms with E-state index >= 15 is 0 Å². The van der Waals surface area contributed by atoms with Crippen LogP contribution >= 0.6 is 0 Å². The first-order valence-electron chi connectivity index (χ1n) is 7.31. The van der Waals surface area contributed by atoms with Crippen LogP contribution in [0, 0.1) is 5.92 Å². The van der Waals surface area contributed by atoms with E-state index in [1.54, 1.807) is 6.20 Å². The zero-order chi connectivity index (χ0) is 13.5. The second-order valence-electron chi connectivity index (χ2n) is 5.83. The van der Waals surface area contributed by atoms with Gasteiger partial charge in [0.15, 0.2) is 0 Å². The summed E-state index contributed by atoms with van der Waals surface area (Å²) in [6.45, 7) is 3.22. The van der Waals surface area contributed by atoms with Gasteiger partial charge in [0, 0.05) is 23.6 Å². The number of esters is 1. The number of carbonyl (C=O) groups excluding carboxylic acids is 1. The molecule has 5 rings (SSSR count). The number of H-pyrrole nitrogens is 1. The van der Waals surface area contributed by atoms with E-state index in [0.717, 1.165) is 43.4 Å². The van der Waals surface area contributed by atoms with Crippen LogP contribution in [-0.4, -0.2) is 41.6 Å². The molecule has 3 aliphatic rings. The van der Waals surface area contributed by atoms with Crippen LogP contribution in [0.2, 0.25) is 0 Å². The maximum Gasteiger partial charge on any atom is 0.340 e. The van der Waals surface area contributed by atoms with Gasteiger partial charge in [-0.1, -0.05) is 18.2 Å². The van der Waals surface area contributed by atoms with Gasteiger partial charge in [-0.2, -0.15) is 0 Å². The fourth-order valence-electron chi connectivity index (χ4n) is 3.49. The number of hydrogen-bond donors (Lipinski definition) is 1. The highest BCUT2D eigenvalue weighted by atomic mass is 16.5. The maximum atomic E-state index is 12.4. The number of aromatic amines is 1. The van der Waals surface area contributed by atoms with E-state index in [1.165, 1.54) is 0 Å². The van der Waals surface area contributed by atoms with Crippen LogP contribution in [0.4, 0.5) is 0 Å². The van der Waals surface area contributed by atoms with Crippen molar-refractivity contribution in [2.75, 3.05) is 19.6 Å². The molecule has 3 fully saturated rings. The Morgan fingerprint density at radius 3 is 2.80 bits per heavy atom. The highest BCUT2D eigenvalue weighted by Crippen LogP contribution is 2.30. The molecule has 3 saturated heterocycles. The molecule has 0 spiro atoms. The van der Waals surface area contributed by atoms with Crippen molar-refractivity contribution in [2.24, 2.45) is 5.92 Å². The van der Waals surface area contributed by atoms with Crippen LogP contribution in [0.1, 0.15) is 23.2 Å².